The molecule has 1 rings (SSSR count). The van der Waals surface area contributed by atoms with Crippen molar-refractivity contribution in [2.75, 3.05) is 0 Å². The van der Waals surface area contributed by atoms with Gasteiger partial charge in [0.1, 0.15) is 0 Å². The minimum Gasteiger partial charge on any atom is -0.261 e. The molecule has 78 valence electrons. The molecule has 0 aliphatic carbocycles. The molecule has 0 bridgehead atoms. The lowest BCUT2D eigenvalue weighted by atomic mass is 9.99. The maximum Gasteiger partial charge on any atom is 0.0479 e. The number of nitrogens with zero attached hydrogens (tertiary/aromatic N) is 1. The molecule has 0 radical (unpaired) electrons. The molecule has 0 amide bonds. The minimum atomic E-state index is 0.814. The molecule has 0 saturated heterocycles. The summed E-state index contributed by atoms with van der Waals surface area (Å²) in [5, 5.41) is 0. The van der Waals surface area contributed by atoms with Gasteiger partial charge in [-0.3, -0.25) is 4.98 Å². The zero-order valence-electron chi connectivity index (χ0n) is 9.08. The van der Waals surface area contributed by atoms with E-state index in [1.165, 1.54) is 11.1 Å². The summed E-state index contributed by atoms with van der Waals surface area (Å²) in [7, 11) is 0. The molecule has 1 aromatic heterocycles. The van der Waals surface area contributed by atoms with E-state index in [1.807, 2.05) is 30.5 Å². The molecule has 0 spiro atoms. The summed E-state index contributed by atoms with van der Waals surface area (Å²) in [5.74, 6) is 0. The van der Waals surface area contributed by atoms with Gasteiger partial charge in [-0.2, -0.15) is 0 Å². The Bertz CT molecular complexity index is 335. The Balaban J connectivity index is 3.13. The fourth-order valence-electron chi connectivity index (χ4n) is 1.63. The lowest BCUT2D eigenvalue weighted by Gasteiger charge is -2.10. The van der Waals surface area contributed by atoms with Gasteiger partial charge in [0, 0.05) is 18.3 Å². The molecule has 0 aliphatic heterocycles. The third-order valence-corrected chi connectivity index (χ3v) is 2.29. The van der Waals surface area contributed by atoms with E-state index in [0.717, 1.165) is 25.0 Å². The summed E-state index contributed by atoms with van der Waals surface area (Å²) in [4.78, 5) is 4.38. The number of rotatable bonds is 6. The SMILES string of the molecule is C=CCc1ccnc(CC=C)c1CC=C. The van der Waals surface area contributed by atoms with E-state index < -0.39 is 0 Å². The van der Waals surface area contributed by atoms with Crippen molar-refractivity contribution in [1.29, 1.82) is 0 Å². The Kier molecular flexibility index (Phi) is 4.55. The van der Waals surface area contributed by atoms with Gasteiger partial charge in [-0.1, -0.05) is 18.2 Å². The Hall–Kier alpha value is -1.63. The quantitative estimate of drug-likeness (QED) is 0.641. The first-order valence-electron chi connectivity index (χ1n) is 5.11. The molecule has 1 heteroatoms. The third kappa shape index (κ3) is 2.91. The standard InChI is InChI=1S/C14H17N/c1-4-7-12-10-11-15-14(9-6-3)13(12)8-5-2/h4-6,10-11H,1-3,7-9H2. The second-order valence-electron chi connectivity index (χ2n) is 3.37. The van der Waals surface area contributed by atoms with E-state index in [-0.39, 0.29) is 0 Å². The Morgan fingerprint density at radius 2 is 1.67 bits per heavy atom. The van der Waals surface area contributed by atoms with Crippen molar-refractivity contribution in [3.63, 3.8) is 0 Å². The second kappa shape index (κ2) is 5.97. The van der Waals surface area contributed by atoms with E-state index in [9.17, 15) is 0 Å². The topological polar surface area (TPSA) is 12.9 Å². The van der Waals surface area contributed by atoms with Crippen molar-refractivity contribution in [3.8, 4) is 0 Å². The van der Waals surface area contributed by atoms with Gasteiger partial charge >= 0.3 is 0 Å². The average Bonchev–Trinajstić information content (AvgIpc) is 2.23. The molecular formula is C14H17N. The van der Waals surface area contributed by atoms with Crippen LogP contribution < -0.4 is 0 Å². The van der Waals surface area contributed by atoms with Crippen molar-refractivity contribution in [3.05, 3.63) is 67.0 Å². The highest BCUT2D eigenvalue weighted by Gasteiger charge is 2.05. The first kappa shape index (κ1) is 11.4. The van der Waals surface area contributed by atoms with Gasteiger partial charge in [-0.25, -0.2) is 0 Å². The van der Waals surface area contributed by atoms with E-state index in [1.54, 1.807) is 0 Å². The Labute approximate surface area is 91.9 Å². The number of pyridine rings is 1. The smallest absolute Gasteiger partial charge is 0.0479 e. The van der Waals surface area contributed by atoms with Crippen LogP contribution in [0.2, 0.25) is 0 Å². The van der Waals surface area contributed by atoms with Crippen LogP contribution >= 0.6 is 0 Å². The summed E-state index contributed by atoms with van der Waals surface area (Å²) in [6, 6.07) is 2.05. The van der Waals surface area contributed by atoms with Crippen LogP contribution in [-0.4, -0.2) is 4.98 Å². The van der Waals surface area contributed by atoms with Crippen LogP contribution in [0.4, 0.5) is 0 Å². The summed E-state index contributed by atoms with van der Waals surface area (Å²) in [6.07, 6.45) is 10.1. The predicted molar refractivity (Wildman–Crippen MR) is 65.9 cm³/mol. The largest absolute Gasteiger partial charge is 0.261 e. The molecule has 0 atom stereocenters. The third-order valence-electron chi connectivity index (χ3n) is 2.29. The number of hydrogen-bond acceptors (Lipinski definition) is 1. The zero-order chi connectivity index (χ0) is 11.1. The average molecular weight is 199 g/mol. The molecule has 1 heterocycles. The maximum absolute atomic E-state index is 4.38. The molecule has 0 fully saturated rings. The molecule has 1 aromatic rings. The van der Waals surface area contributed by atoms with E-state index in [4.69, 9.17) is 0 Å². The normalized spacial score (nSPS) is 9.60. The van der Waals surface area contributed by atoms with Gasteiger partial charge in [-0.05, 0) is 30.0 Å². The molecule has 0 saturated carbocycles. The second-order valence-corrected chi connectivity index (χ2v) is 3.37. The summed E-state index contributed by atoms with van der Waals surface area (Å²) >= 11 is 0. The van der Waals surface area contributed by atoms with Crippen LogP contribution in [0, 0.1) is 0 Å². The van der Waals surface area contributed by atoms with E-state index in [2.05, 4.69) is 24.7 Å². The van der Waals surface area contributed by atoms with Gasteiger partial charge in [0.2, 0.25) is 0 Å². The molecule has 0 N–H and O–H groups in total. The van der Waals surface area contributed by atoms with Crippen molar-refractivity contribution >= 4 is 0 Å². The lowest BCUT2D eigenvalue weighted by Crippen LogP contribution is -2.01. The molecular weight excluding hydrogens is 182 g/mol. The van der Waals surface area contributed by atoms with Crippen molar-refractivity contribution in [2.24, 2.45) is 0 Å². The van der Waals surface area contributed by atoms with Crippen LogP contribution in [0.1, 0.15) is 16.8 Å². The van der Waals surface area contributed by atoms with Gasteiger partial charge in [-0.15, -0.1) is 19.7 Å². The highest BCUT2D eigenvalue weighted by atomic mass is 14.7. The molecule has 0 aliphatic rings. The van der Waals surface area contributed by atoms with Crippen molar-refractivity contribution in [2.45, 2.75) is 19.3 Å². The Morgan fingerprint density at radius 1 is 1.00 bits per heavy atom. The van der Waals surface area contributed by atoms with Crippen LogP contribution in [0.5, 0.6) is 0 Å². The fraction of sp³-hybridized carbons (Fsp3) is 0.214. The van der Waals surface area contributed by atoms with Gasteiger partial charge in [0.15, 0.2) is 0 Å². The zero-order valence-corrected chi connectivity index (χ0v) is 9.08. The number of allylic oxidation sites excluding steroid dienone is 3. The van der Waals surface area contributed by atoms with Crippen molar-refractivity contribution < 1.29 is 0 Å². The summed E-state index contributed by atoms with van der Waals surface area (Å²) in [5.41, 5.74) is 3.66. The van der Waals surface area contributed by atoms with Crippen molar-refractivity contribution in [1.82, 2.24) is 4.98 Å². The summed E-state index contributed by atoms with van der Waals surface area (Å²) < 4.78 is 0. The fourth-order valence-corrected chi connectivity index (χ4v) is 1.63. The highest BCUT2D eigenvalue weighted by Crippen LogP contribution is 2.15. The number of hydrogen-bond donors (Lipinski definition) is 0. The molecule has 15 heavy (non-hydrogen) atoms. The van der Waals surface area contributed by atoms with E-state index >= 15 is 0 Å². The molecule has 0 unspecified atom stereocenters. The monoisotopic (exact) mass is 199 g/mol. The molecule has 0 aromatic carbocycles. The highest BCUT2D eigenvalue weighted by molar-refractivity contribution is 5.34. The maximum atomic E-state index is 4.38. The first-order chi connectivity index (χ1) is 7.33. The first-order valence-corrected chi connectivity index (χ1v) is 5.11. The van der Waals surface area contributed by atoms with Crippen LogP contribution in [-0.2, 0) is 19.3 Å². The lowest BCUT2D eigenvalue weighted by molar-refractivity contribution is 1.01. The van der Waals surface area contributed by atoms with Crippen LogP contribution in [0.25, 0.3) is 0 Å². The van der Waals surface area contributed by atoms with Gasteiger partial charge in [0.25, 0.3) is 0 Å². The van der Waals surface area contributed by atoms with E-state index in [0.29, 0.717) is 0 Å². The molecule has 1 nitrogen and oxygen atoms in total. The minimum absolute atomic E-state index is 0.814. The summed E-state index contributed by atoms with van der Waals surface area (Å²) in [6.45, 7) is 11.3. The Morgan fingerprint density at radius 3 is 2.27 bits per heavy atom. The van der Waals surface area contributed by atoms with Crippen LogP contribution in [0.15, 0.2) is 50.2 Å². The number of aromatic nitrogens is 1. The van der Waals surface area contributed by atoms with Gasteiger partial charge in [0.05, 0.1) is 0 Å². The predicted octanol–water partition coefficient (Wildman–Crippen LogP) is 3.27. The van der Waals surface area contributed by atoms with Crippen LogP contribution in [0.3, 0.4) is 0 Å². The van der Waals surface area contributed by atoms with Gasteiger partial charge < -0.3 is 0 Å².